The summed E-state index contributed by atoms with van der Waals surface area (Å²) in [4.78, 5) is 21.5. The molecule has 1 aromatic carbocycles. The molecule has 0 unspecified atom stereocenters. The summed E-state index contributed by atoms with van der Waals surface area (Å²) in [6.07, 6.45) is 5.60. The summed E-state index contributed by atoms with van der Waals surface area (Å²) in [5.41, 5.74) is 7.34. The Morgan fingerprint density at radius 1 is 1.26 bits per heavy atom. The zero-order valence-corrected chi connectivity index (χ0v) is 16.0. The van der Waals surface area contributed by atoms with Crippen molar-refractivity contribution >= 4 is 33.3 Å². The van der Waals surface area contributed by atoms with Crippen LogP contribution in [0.15, 0.2) is 36.5 Å². The monoisotopic (exact) mass is 382 g/mol. The van der Waals surface area contributed by atoms with Gasteiger partial charge in [0.05, 0.1) is 17.3 Å². The van der Waals surface area contributed by atoms with Gasteiger partial charge in [0.25, 0.3) is 5.91 Å². The molecule has 3 N–H and O–H groups in total. The number of nitrogens with two attached hydrogens (primary N) is 1. The Labute approximate surface area is 161 Å². The molecule has 0 saturated heterocycles. The molecule has 2 aromatic heterocycles. The van der Waals surface area contributed by atoms with Gasteiger partial charge in [-0.3, -0.25) is 9.78 Å². The van der Waals surface area contributed by atoms with Crippen LogP contribution in [0.4, 0.5) is 5.13 Å². The number of nitrogens with zero attached hydrogens (tertiary/aromatic N) is 2. The number of hydrogen-bond donors (Lipinski definition) is 2. The number of benzene rings is 1. The number of pyridine rings is 1. The van der Waals surface area contributed by atoms with Crippen LogP contribution in [0.5, 0.6) is 5.75 Å². The van der Waals surface area contributed by atoms with E-state index in [0.717, 1.165) is 42.3 Å². The molecule has 27 heavy (non-hydrogen) atoms. The maximum Gasteiger partial charge on any atom is 0.263 e. The van der Waals surface area contributed by atoms with Crippen LogP contribution in [-0.4, -0.2) is 28.0 Å². The summed E-state index contributed by atoms with van der Waals surface area (Å²) >= 11 is 1.24. The van der Waals surface area contributed by atoms with Crippen molar-refractivity contribution in [2.75, 3.05) is 5.73 Å². The third-order valence-electron chi connectivity index (χ3n) is 4.91. The minimum atomic E-state index is -0.0758. The molecule has 0 bridgehead atoms. The van der Waals surface area contributed by atoms with Gasteiger partial charge in [0.1, 0.15) is 10.6 Å². The number of ether oxygens (including phenoxy) is 1. The van der Waals surface area contributed by atoms with Crippen LogP contribution in [0.1, 0.15) is 41.0 Å². The average molecular weight is 382 g/mol. The minimum absolute atomic E-state index is 0.0758. The van der Waals surface area contributed by atoms with E-state index >= 15 is 0 Å². The lowest BCUT2D eigenvalue weighted by molar-refractivity contribution is 0.0897. The predicted molar refractivity (Wildman–Crippen MR) is 107 cm³/mol. The van der Waals surface area contributed by atoms with E-state index in [9.17, 15) is 4.79 Å². The normalized spacial score (nSPS) is 19.7. The second kappa shape index (κ2) is 7.52. The van der Waals surface area contributed by atoms with Crippen LogP contribution >= 0.6 is 11.3 Å². The standard InChI is InChI=1S/C20H22N4O2S/c1-12-18(27-20(21)23-12)19(25)24-14-4-6-15(7-5-14)26-16-8-9-17-13(11-16)3-2-10-22-17/h2-3,8-11,14-15H,4-7H2,1H3,(H2,21,23)(H,24,25). The van der Waals surface area contributed by atoms with Crippen molar-refractivity contribution in [2.24, 2.45) is 0 Å². The molecule has 0 radical (unpaired) electrons. The number of aryl methyl sites for hydroxylation is 1. The number of nitrogen functional groups attached to an aromatic ring is 1. The van der Waals surface area contributed by atoms with Crippen molar-refractivity contribution < 1.29 is 9.53 Å². The average Bonchev–Trinajstić information content (AvgIpc) is 3.01. The number of carbonyl (C=O) groups is 1. The van der Waals surface area contributed by atoms with Gasteiger partial charge in [-0.1, -0.05) is 17.4 Å². The lowest BCUT2D eigenvalue weighted by Gasteiger charge is -2.29. The predicted octanol–water partition coefficient (Wildman–Crippen LogP) is 3.70. The van der Waals surface area contributed by atoms with Gasteiger partial charge in [-0.15, -0.1) is 0 Å². The first kappa shape index (κ1) is 17.7. The molecule has 1 fully saturated rings. The van der Waals surface area contributed by atoms with Crippen LogP contribution in [0.3, 0.4) is 0 Å². The Kier molecular flexibility index (Phi) is 4.94. The van der Waals surface area contributed by atoms with Crippen LogP contribution in [-0.2, 0) is 0 Å². The molecule has 4 rings (SSSR count). The van der Waals surface area contributed by atoms with Crippen molar-refractivity contribution in [3.8, 4) is 5.75 Å². The van der Waals surface area contributed by atoms with Crippen LogP contribution in [0.25, 0.3) is 10.9 Å². The Morgan fingerprint density at radius 2 is 2.07 bits per heavy atom. The Bertz CT molecular complexity index is 964. The second-order valence-corrected chi connectivity index (χ2v) is 7.92. The summed E-state index contributed by atoms with van der Waals surface area (Å²) in [5.74, 6) is 0.798. The molecule has 0 atom stereocenters. The lowest BCUT2D eigenvalue weighted by atomic mass is 9.93. The fraction of sp³-hybridized carbons (Fsp3) is 0.350. The fourth-order valence-corrected chi connectivity index (χ4v) is 4.26. The number of rotatable bonds is 4. The van der Waals surface area contributed by atoms with Crippen LogP contribution in [0, 0.1) is 6.92 Å². The van der Waals surface area contributed by atoms with E-state index in [4.69, 9.17) is 10.5 Å². The van der Waals surface area contributed by atoms with Gasteiger partial charge in [-0.05, 0) is 56.9 Å². The fourth-order valence-electron chi connectivity index (χ4n) is 3.52. The maximum absolute atomic E-state index is 12.4. The topological polar surface area (TPSA) is 90.1 Å². The molecule has 0 spiro atoms. The molecule has 1 aliphatic rings. The molecule has 1 aliphatic carbocycles. The van der Waals surface area contributed by atoms with E-state index in [-0.39, 0.29) is 18.1 Å². The molecule has 140 valence electrons. The van der Waals surface area contributed by atoms with Gasteiger partial charge in [0.2, 0.25) is 0 Å². The first-order valence-corrected chi connectivity index (χ1v) is 9.95. The SMILES string of the molecule is Cc1nc(N)sc1C(=O)NC1CCC(Oc2ccc3ncccc3c2)CC1. The summed E-state index contributed by atoms with van der Waals surface area (Å²) in [5, 5.41) is 4.62. The summed E-state index contributed by atoms with van der Waals surface area (Å²) in [6.45, 7) is 1.81. The highest BCUT2D eigenvalue weighted by atomic mass is 32.1. The Balaban J connectivity index is 1.32. The van der Waals surface area contributed by atoms with Crippen molar-refractivity contribution in [3.05, 3.63) is 47.1 Å². The Morgan fingerprint density at radius 3 is 2.81 bits per heavy atom. The van der Waals surface area contributed by atoms with Gasteiger partial charge < -0.3 is 15.8 Å². The molecule has 6 nitrogen and oxygen atoms in total. The number of anilines is 1. The quantitative estimate of drug-likeness (QED) is 0.718. The zero-order chi connectivity index (χ0) is 18.8. The molecule has 1 amide bonds. The lowest BCUT2D eigenvalue weighted by Crippen LogP contribution is -2.39. The van der Waals surface area contributed by atoms with Gasteiger partial charge in [-0.25, -0.2) is 4.98 Å². The first-order chi connectivity index (χ1) is 13.1. The first-order valence-electron chi connectivity index (χ1n) is 9.13. The highest BCUT2D eigenvalue weighted by molar-refractivity contribution is 7.17. The van der Waals surface area contributed by atoms with E-state index in [2.05, 4.69) is 15.3 Å². The largest absolute Gasteiger partial charge is 0.490 e. The van der Waals surface area contributed by atoms with Gasteiger partial charge in [-0.2, -0.15) is 0 Å². The second-order valence-electron chi connectivity index (χ2n) is 6.89. The maximum atomic E-state index is 12.4. The molecule has 3 aromatic rings. The summed E-state index contributed by atoms with van der Waals surface area (Å²) < 4.78 is 6.16. The van der Waals surface area contributed by atoms with Gasteiger partial charge in [0, 0.05) is 17.6 Å². The van der Waals surface area contributed by atoms with Gasteiger partial charge >= 0.3 is 0 Å². The number of carbonyl (C=O) groups excluding carboxylic acids is 1. The number of fused-ring (bicyclic) bond motifs is 1. The summed E-state index contributed by atoms with van der Waals surface area (Å²) in [6, 6.07) is 10.1. The molecular formula is C20H22N4O2S. The third-order valence-corrected chi connectivity index (χ3v) is 5.89. The molecule has 2 heterocycles. The smallest absolute Gasteiger partial charge is 0.263 e. The summed E-state index contributed by atoms with van der Waals surface area (Å²) in [7, 11) is 0. The number of aromatic nitrogens is 2. The molecular weight excluding hydrogens is 360 g/mol. The van der Waals surface area contributed by atoms with Gasteiger partial charge in [0.15, 0.2) is 5.13 Å². The van der Waals surface area contributed by atoms with Crippen molar-refractivity contribution in [2.45, 2.75) is 44.8 Å². The minimum Gasteiger partial charge on any atom is -0.490 e. The van der Waals surface area contributed by atoms with E-state index in [1.165, 1.54) is 11.3 Å². The van der Waals surface area contributed by atoms with E-state index in [0.29, 0.717) is 15.7 Å². The molecule has 1 saturated carbocycles. The highest BCUT2D eigenvalue weighted by Crippen LogP contribution is 2.27. The number of thiazole rings is 1. The molecule has 0 aliphatic heterocycles. The van der Waals surface area contributed by atoms with Crippen LogP contribution in [0.2, 0.25) is 0 Å². The third kappa shape index (κ3) is 4.03. The van der Waals surface area contributed by atoms with Crippen molar-refractivity contribution in [1.82, 2.24) is 15.3 Å². The van der Waals surface area contributed by atoms with E-state index in [1.807, 2.05) is 37.3 Å². The van der Waals surface area contributed by atoms with Crippen LogP contribution < -0.4 is 15.8 Å². The van der Waals surface area contributed by atoms with Crippen molar-refractivity contribution in [3.63, 3.8) is 0 Å². The van der Waals surface area contributed by atoms with E-state index < -0.39 is 0 Å². The highest BCUT2D eigenvalue weighted by Gasteiger charge is 2.25. The molecule has 7 heteroatoms. The number of amides is 1. The number of nitrogens with one attached hydrogen (secondary N) is 1. The zero-order valence-electron chi connectivity index (χ0n) is 15.1. The van der Waals surface area contributed by atoms with E-state index in [1.54, 1.807) is 6.20 Å². The number of hydrogen-bond acceptors (Lipinski definition) is 6. The Hall–Kier alpha value is -2.67. The van der Waals surface area contributed by atoms with Crippen molar-refractivity contribution in [1.29, 1.82) is 0 Å².